The second kappa shape index (κ2) is 8.72. The fourth-order valence-electron chi connectivity index (χ4n) is 6.52. The lowest BCUT2D eigenvalue weighted by Crippen LogP contribution is -1.91. The maximum atomic E-state index is 5.29. The van der Waals surface area contributed by atoms with Crippen LogP contribution < -0.4 is 0 Å². The first kappa shape index (κ1) is 22.7. The Morgan fingerprint density at radius 2 is 1.10 bits per heavy atom. The molecule has 0 amide bonds. The summed E-state index contributed by atoms with van der Waals surface area (Å²) >= 11 is 1.86. The van der Waals surface area contributed by atoms with Crippen LogP contribution >= 0.6 is 11.3 Å². The predicted molar refractivity (Wildman–Crippen MR) is 178 cm³/mol. The smallest absolute Gasteiger partial charge is 0.0788 e. The Kier molecular flexibility index (Phi) is 4.84. The van der Waals surface area contributed by atoms with Gasteiger partial charge in [0.15, 0.2) is 0 Å². The highest BCUT2D eigenvalue weighted by Crippen LogP contribution is 2.42. The topological polar surface area (TPSA) is 12.9 Å². The minimum Gasteiger partial charge on any atom is -0.247 e. The van der Waals surface area contributed by atoms with E-state index in [1.54, 1.807) is 0 Å². The van der Waals surface area contributed by atoms with E-state index in [0.717, 1.165) is 16.8 Å². The van der Waals surface area contributed by atoms with E-state index in [4.69, 9.17) is 4.98 Å². The summed E-state index contributed by atoms with van der Waals surface area (Å²) < 4.78 is 2.62. The number of hydrogen-bond acceptors (Lipinski definition) is 2. The Labute approximate surface area is 240 Å². The van der Waals surface area contributed by atoms with Gasteiger partial charge < -0.3 is 0 Å². The molecule has 2 aromatic heterocycles. The molecule has 2 heteroatoms. The number of rotatable bonds is 2. The first-order valence-electron chi connectivity index (χ1n) is 14.0. The first-order valence-corrected chi connectivity index (χ1v) is 14.8. The van der Waals surface area contributed by atoms with E-state index in [1.807, 2.05) is 11.3 Å². The number of thiophene rings is 1. The van der Waals surface area contributed by atoms with Crippen LogP contribution in [0.2, 0.25) is 0 Å². The molecule has 0 spiro atoms. The highest BCUT2D eigenvalue weighted by Gasteiger charge is 2.15. The van der Waals surface area contributed by atoms with Crippen molar-refractivity contribution in [3.05, 3.63) is 140 Å². The van der Waals surface area contributed by atoms with Gasteiger partial charge in [-0.05, 0) is 74.5 Å². The molecule has 0 radical (unpaired) electrons. The number of fused-ring (bicyclic) bond motifs is 9. The summed E-state index contributed by atoms with van der Waals surface area (Å²) in [4.78, 5) is 5.29. The molecule has 190 valence electrons. The molecule has 7 aromatic carbocycles. The summed E-state index contributed by atoms with van der Waals surface area (Å²) in [6, 6.07) is 50.7. The fraction of sp³-hybridized carbons (Fsp3) is 0. The molecule has 2 heterocycles. The molecule has 1 nitrogen and oxygen atoms in total. The van der Waals surface area contributed by atoms with Crippen LogP contribution in [0.5, 0.6) is 0 Å². The SMILES string of the molecule is c1cc(-c2cc3ccccc3c3ccccc23)cc(-c2nc3ccccc3c3cc4c(cc23)sc2ccccc24)c1. The van der Waals surface area contributed by atoms with Gasteiger partial charge in [0.05, 0.1) is 11.2 Å². The van der Waals surface area contributed by atoms with Gasteiger partial charge in [-0.2, -0.15) is 0 Å². The van der Waals surface area contributed by atoms with Crippen molar-refractivity contribution in [2.75, 3.05) is 0 Å². The molecule has 0 unspecified atom stereocenters. The lowest BCUT2D eigenvalue weighted by Gasteiger charge is -2.14. The van der Waals surface area contributed by atoms with Crippen molar-refractivity contribution in [2.45, 2.75) is 0 Å². The number of aromatic nitrogens is 1. The van der Waals surface area contributed by atoms with Gasteiger partial charge in [-0.1, -0.05) is 103 Å². The van der Waals surface area contributed by atoms with Crippen molar-refractivity contribution in [3.8, 4) is 22.4 Å². The standard InChI is InChI=1S/C39H23NS/c1-2-13-27-25(10-1)21-32(29-15-4-3-14-28(27)29)24-11-9-12-26(20-24)39-35-23-38-34(31-17-6-8-19-37(31)41-38)22-33(35)30-16-5-7-18-36(30)40-39/h1-23H. The number of para-hydroxylation sites is 1. The summed E-state index contributed by atoms with van der Waals surface area (Å²) in [6.45, 7) is 0. The lowest BCUT2D eigenvalue weighted by atomic mass is 9.91. The molecule has 0 fully saturated rings. The average molecular weight is 538 g/mol. The Hall–Kier alpha value is -5.05. The monoisotopic (exact) mass is 537 g/mol. The summed E-state index contributed by atoms with van der Waals surface area (Å²) in [5, 5.41) is 11.4. The van der Waals surface area contributed by atoms with Crippen LogP contribution in [-0.2, 0) is 0 Å². The molecule has 0 atom stereocenters. The third-order valence-electron chi connectivity index (χ3n) is 8.41. The summed E-state index contributed by atoms with van der Waals surface area (Å²) in [5.41, 5.74) is 5.64. The van der Waals surface area contributed by atoms with Gasteiger partial charge in [-0.3, -0.25) is 0 Å². The van der Waals surface area contributed by atoms with Crippen LogP contribution in [0, 0.1) is 0 Å². The molecule has 0 aliphatic carbocycles. The average Bonchev–Trinajstić information content (AvgIpc) is 3.41. The van der Waals surface area contributed by atoms with Crippen LogP contribution in [0.1, 0.15) is 0 Å². The van der Waals surface area contributed by atoms with Gasteiger partial charge in [0.1, 0.15) is 0 Å². The highest BCUT2D eigenvalue weighted by atomic mass is 32.1. The summed E-state index contributed by atoms with van der Waals surface area (Å²) in [6.07, 6.45) is 0. The highest BCUT2D eigenvalue weighted by molar-refractivity contribution is 7.25. The molecule has 9 aromatic rings. The molecular weight excluding hydrogens is 515 g/mol. The second-order valence-corrected chi connectivity index (χ2v) is 11.8. The molecule has 0 N–H and O–H groups in total. The van der Waals surface area contributed by atoms with Crippen molar-refractivity contribution < 1.29 is 0 Å². The first-order chi connectivity index (χ1) is 20.3. The van der Waals surface area contributed by atoms with Gasteiger partial charge >= 0.3 is 0 Å². The van der Waals surface area contributed by atoms with E-state index in [1.165, 1.54) is 69.0 Å². The van der Waals surface area contributed by atoms with Crippen LogP contribution in [-0.4, -0.2) is 4.98 Å². The zero-order valence-corrected chi connectivity index (χ0v) is 23.0. The van der Waals surface area contributed by atoms with E-state index in [0.29, 0.717) is 0 Å². The molecular formula is C39H23NS. The fourth-order valence-corrected chi connectivity index (χ4v) is 7.64. The van der Waals surface area contributed by atoms with E-state index in [-0.39, 0.29) is 0 Å². The second-order valence-electron chi connectivity index (χ2n) is 10.7. The van der Waals surface area contributed by atoms with Crippen molar-refractivity contribution >= 4 is 74.7 Å². The van der Waals surface area contributed by atoms with Gasteiger partial charge in [0.25, 0.3) is 0 Å². The molecule has 9 rings (SSSR count). The quantitative estimate of drug-likeness (QED) is 0.200. The Morgan fingerprint density at radius 3 is 2.00 bits per heavy atom. The molecule has 0 bridgehead atoms. The molecule has 0 aliphatic heterocycles. The number of nitrogens with zero attached hydrogens (tertiary/aromatic N) is 1. The Bertz CT molecular complexity index is 2480. The normalized spacial score (nSPS) is 11.9. The Morgan fingerprint density at radius 1 is 0.390 bits per heavy atom. The van der Waals surface area contributed by atoms with Crippen LogP contribution in [0.4, 0.5) is 0 Å². The van der Waals surface area contributed by atoms with Crippen molar-refractivity contribution in [1.82, 2.24) is 4.98 Å². The van der Waals surface area contributed by atoms with Crippen molar-refractivity contribution in [1.29, 1.82) is 0 Å². The summed E-state index contributed by atoms with van der Waals surface area (Å²) in [7, 11) is 0. The predicted octanol–water partition coefficient (Wildman–Crippen LogP) is 11.4. The number of pyridine rings is 1. The maximum Gasteiger partial charge on any atom is 0.0788 e. The zero-order chi connectivity index (χ0) is 26.9. The van der Waals surface area contributed by atoms with E-state index in [2.05, 4.69) is 140 Å². The Balaban J connectivity index is 1.34. The lowest BCUT2D eigenvalue weighted by molar-refractivity contribution is 1.43. The van der Waals surface area contributed by atoms with Gasteiger partial charge in [-0.15, -0.1) is 11.3 Å². The molecule has 0 saturated heterocycles. The number of hydrogen-bond donors (Lipinski definition) is 0. The van der Waals surface area contributed by atoms with Crippen LogP contribution in [0.3, 0.4) is 0 Å². The van der Waals surface area contributed by atoms with Crippen molar-refractivity contribution in [3.63, 3.8) is 0 Å². The minimum absolute atomic E-state index is 1.02. The molecule has 41 heavy (non-hydrogen) atoms. The van der Waals surface area contributed by atoms with Crippen molar-refractivity contribution in [2.24, 2.45) is 0 Å². The maximum absolute atomic E-state index is 5.29. The minimum atomic E-state index is 1.02. The third-order valence-corrected chi connectivity index (χ3v) is 9.55. The van der Waals surface area contributed by atoms with Crippen LogP contribution in [0.25, 0.3) is 85.8 Å². The van der Waals surface area contributed by atoms with Crippen LogP contribution in [0.15, 0.2) is 140 Å². The molecule has 0 saturated carbocycles. The molecule has 0 aliphatic rings. The number of benzene rings is 7. The third kappa shape index (κ3) is 3.45. The zero-order valence-electron chi connectivity index (χ0n) is 22.1. The van der Waals surface area contributed by atoms with E-state index >= 15 is 0 Å². The van der Waals surface area contributed by atoms with E-state index in [9.17, 15) is 0 Å². The van der Waals surface area contributed by atoms with Gasteiger partial charge in [-0.25, -0.2) is 4.98 Å². The van der Waals surface area contributed by atoms with E-state index < -0.39 is 0 Å². The van der Waals surface area contributed by atoms with Gasteiger partial charge in [0, 0.05) is 36.5 Å². The van der Waals surface area contributed by atoms with Gasteiger partial charge in [0.2, 0.25) is 0 Å². The summed E-state index contributed by atoms with van der Waals surface area (Å²) in [5.74, 6) is 0. The largest absolute Gasteiger partial charge is 0.247 e.